The summed E-state index contributed by atoms with van der Waals surface area (Å²) in [6, 6.07) is 22.2. The number of sulfonamides is 1. The Labute approximate surface area is 353 Å². The van der Waals surface area contributed by atoms with Gasteiger partial charge in [-0.1, -0.05) is 51.1 Å². The van der Waals surface area contributed by atoms with Gasteiger partial charge in [0.1, 0.15) is 29.5 Å². The number of Topliss-reactive ketones (excluding diaryl/α,β-unsaturated/α-hetero) is 1. The number of carbonyl (C=O) groups is 2. The van der Waals surface area contributed by atoms with Gasteiger partial charge in [0.05, 0.1) is 55.8 Å². The van der Waals surface area contributed by atoms with Crippen LogP contribution in [-0.2, 0) is 26.6 Å². The van der Waals surface area contributed by atoms with Crippen LogP contribution in [0.25, 0.3) is 10.8 Å². The van der Waals surface area contributed by atoms with Crippen molar-refractivity contribution in [2.45, 2.75) is 63.6 Å². The Kier molecular flexibility index (Phi) is 13.5. The number of methoxy groups -OCH3 is 2. The number of aliphatic hydroxyl groups is 4. The van der Waals surface area contributed by atoms with Crippen LogP contribution in [0.2, 0.25) is 0 Å². The number of aliphatic hydroxyl groups excluding tert-OH is 4. The number of aromatic nitrogens is 1. The molecule has 0 bridgehead atoms. The third-order valence-corrected chi connectivity index (χ3v) is 10.8. The SMILES string of the molecule is COc1cc(Cc2cc(Oc3ccc(NC(=O)Nc4cc(C(C)(C)C)cc(NS(C)(=O)=O)c4OC)c4ccccc34)ccn2)ccc1C(=O)C[C@H]1C(O)O[C@H](CO)[C@@H](O)[C@@H]1O. The first-order chi connectivity index (χ1) is 28.9. The van der Waals surface area contributed by atoms with Gasteiger partial charge in [-0.2, -0.15) is 0 Å². The topological polar surface area (TPSA) is 235 Å². The highest BCUT2D eigenvalue weighted by Crippen LogP contribution is 2.40. The first-order valence-electron chi connectivity index (χ1n) is 19.3. The second-order valence-corrected chi connectivity index (χ2v) is 17.5. The quantitative estimate of drug-likeness (QED) is 0.0678. The van der Waals surface area contributed by atoms with Crippen molar-refractivity contribution in [3.63, 3.8) is 0 Å². The van der Waals surface area contributed by atoms with Gasteiger partial charge in [-0.3, -0.25) is 14.5 Å². The largest absolute Gasteiger partial charge is 0.496 e. The summed E-state index contributed by atoms with van der Waals surface area (Å²) < 4.78 is 49.5. The molecule has 0 aliphatic carbocycles. The number of carbonyl (C=O) groups excluding carboxylic acids is 2. The third kappa shape index (κ3) is 10.6. The zero-order valence-corrected chi connectivity index (χ0v) is 35.3. The predicted molar refractivity (Wildman–Crippen MR) is 229 cm³/mol. The van der Waals surface area contributed by atoms with Crippen LogP contribution in [0.4, 0.5) is 21.9 Å². The molecule has 1 aliphatic rings. The number of anilines is 3. The number of ketones is 1. The molecule has 0 spiro atoms. The van der Waals surface area contributed by atoms with Gasteiger partial charge < -0.3 is 50.0 Å². The fourth-order valence-electron chi connectivity index (χ4n) is 7.12. The van der Waals surface area contributed by atoms with E-state index in [0.29, 0.717) is 40.1 Å². The van der Waals surface area contributed by atoms with E-state index in [0.717, 1.165) is 17.4 Å². The molecule has 16 nitrogen and oxygen atoms in total. The van der Waals surface area contributed by atoms with Gasteiger partial charge in [0.2, 0.25) is 10.0 Å². The Morgan fingerprint density at radius 1 is 0.836 bits per heavy atom. The molecule has 5 atom stereocenters. The smallest absolute Gasteiger partial charge is 0.323 e. The zero-order chi connectivity index (χ0) is 44.2. The summed E-state index contributed by atoms with van der Waals surface area (Å²) in [4.78, 5) is 31.3. The lowest BCUT2D eigenvalue weighted by atomic mass is 9.85. The van der Waals surface area contributed by atoms with Gasteiger partial charge in [-0.05, 0) is 59.0 Å². The van der Waals surface area contributed by atoms with Gasteiger partial charge in [-0.15, -0.1) is 0 Å². The lowest BCUT2D eigenvalue weighted by Crippen LogP contribution is -2.56. The van der Waals surface area contributed by atoms with Crippen molar-refractivity contribution in [3.8, 4) is 23.0 Å². The van der Waals surface area contributed by atoms with Crippen molar-refractivity contribution in [1.29, 1.82) is 0 Å². The summed E-state index contributed by atoms with van der Waals surface area (Å²) >= 11 is 0. The number of ether oxygens (including phenoxy) is 4. The number of pyridine rings is 1. The number of amides is 2. The summed E-state index contributed by atoms with van der Waals surface area (Å²) in [6.45, 7) is 5.29. The number of benzene rings is 4. The number of urea groups is 1. The van der Waals surface area contributed by atoms with Crippen LogP contribution in [0.1, 0.15) is 54.4 Å². The molecule has 7 N–H and O–H groups in total. The molecule has 2 amide bonds. The molecule has 1 saturated heterocycles. The fraction of sp³-hybridized carbons (Fsp3) is 0.341. The first-order valence-corrected chi connectivity index (χ1v) is 21.2. The van der Waals surface area contributed by atoms with Gasteiger partial charge >= 0.3 is 6.03 Å². The van der Waals surface area contributed by atoms with Crippen molar-refractivity contribution in [2.24, 2.45) is 5.92 Å². The Balaban J connectivity index is 1.17. The summed E-state index contributed by atoms with van der Waals surface area (Å²) in [6.07, 6.45) is -3.06. The number of rotatable bonds is 14. The van der Waals surface area contributed by atoms with Crippen LogP contribution in [0.3, 0.4) is 0 Å². The molecule has 6 rings (SSSR count). The van der Waals surface area contributed by atoms with Gasteiger partial charge in [0.15, 0.2) is 17.8 Å². The Hall–Kier alpha value is -5.82. The molecule has 1 aliphatic heterocycles. The minimum atomic E-state index is -3.66. The summed E-state index contributed by atoms with van der Waals surface area (Å²) in [5.41, 5.74) is 2.95. The molecule has 0 saturated carbocycles. The van der Waals surface area contributed by atoms with Crippen molar-refractivity contribution in [1.82, 2.24) is 4.98 Å². The van der Waals surface area contributed by atoms with Crippen LogP contribution in [0.5, 0.6) is 23.0 Å². The number of hydrogen-bond donors (Lipinski definition) is 7. The van der Waals surface area contributed by atoms with Gasteiger partial charge in [0.25, 0.3) is 0 Å². The molecule has 2 heterocycles. The summed E-state index contributed by atoms with van der Waals surface area (Å²) in [5, 5.41) is 47.6. The molecule has 1 fully saturated rings. The standard InChI is InChI=1S/C44H50N4O12S/c1-44(2,3)25-19-33(41(58-5)34(20-25)48-61(6,55)56)47-43(54)46-32-13-14-36(29-10-8-7-9-28(29)32)59-27-15-16-45-26(21-27)17-24-11-12-30(37(18-24)57-4)35(50)22-31-39(51)40(52)38(23-49)60-42(31)53/h7-16,18-21,31,38-40,42,48-49,51-53H,17,22-23H2,1-6H3,(H2,46,47,54)/t31-,38-,39-,40-,42?/m1/s1. The molecule has 1 unspecified atom stereocenters. The minimum Gasteiger partial charge on any atom is -0.496 e. The van der Waals surface area contributed by atoms with Crippen molar-refractivity contribution < 1.29 is 57.4 Å². The number of fused-ring (bicyclic) bond motifs is 1. The van der Waals surface area contributed by atoms with E-state index in [2.05, 4.69) is 20.3 Å². The van der Waals surface area contributed by atoms with Gasteiger partial charge in [-0.25, -0.2) is 13.2 Å². The van der Waals surface area contributed by atoms with E-state index >= 15 is 0 Å². The maximum atomic E-state index is 13.5. The second-order valence-electron chi connectivity index (χ2n) is 15.8. The molecular weight excluding hydrogens is 809 g/mol. The van der Waals surface area contributed by atoms with Crippen LogP contribution in [0.15, 0.2) is 85.1 Å². The predicted octanol–water partition coefficient (Wildman–Crippen LogP) is 5.57. The molecule has 1 aromatic heterocycles. The van der Waals surface area contributed by atoms with Crippen molar-refractivity contribution in [2.75, 3.05) is 42.4 Å². The van der Waals surface area contributed by atoms with E-state index in [1.165, 1.54) is 14.2 Å². The highest BCUT2D eigenvalue weighted by atomic mass is 32.2. The van der Waals surface area contributed by atoms with E-state index in [9.17, 15) is 38.4 Å². The highest BCUT2D eigenvalue weighted by molar-refractivity contribution is 7.92. The normalized spacial score (nSPS) is 19.2. The molecule has 324 valence electrons. The molecular formula is C44H50N4O12S. The Morgan fingerprint density at radius 3 is 2.21 bits per heavy atom. The highest BCUT2D eigenvalue weighted by Gasteiger charge is 2.44. The van der Waals surface area contributed by atoms with E-state index in [1.807, 2.05) is 45.0 Å². The summed E-state index contributed by atoms with van der Waals surface area (Å²) in [7, 11) is -0.856. The van der Waals surface area contributed by atoms with E-state index in [4.69, 9.17) is 18.9 Å². The minimum absolute atomic E-state index is 0.148. The van der Waals surface area contributed by atoms with E-state index < -0.39 is 59.0 Å². The molecule has 61 heavy (non-hydrogen) atoms. The average Bonchev–Trinajstić information content (AvgIpc) is 3.20. The third-order valence-electron chi connectivity index (χ3n) is 10.3. The lowest BCUT2D eigenvalue weighted by molar-refractivity contribution is -0.268. The first kappa shape index (κ1) is 44.7. The van der Waals surface area contributed by atoms with Crippen LogP contribution in [-0.4, -0.2) is 97.3 Å². The number of nitrogens with zero attached hydrogens (tertiary/aromatic N) is 1. The molecule has 17 heteroatoms. The molecule has 0 radical (unpaired) electrons. The molecule has 5 aromatic rings. The van der Waals surface area contributed by atoms with Crippen molar-refractivity contribution in [3.05, 3.63) is 107 Å². The number of nitrogens with one attached hydrogen (secondary N) is 3. The van der Waals surface area contributed by atoms with Crippen molar-refractivity contribution >= 4 is 49.7 Å². The Morgan fingerprint density at radius 2 is 1.54 bits per heavy atom. The second kappa shape index (κ2) is 18.4. The van der Waals surface area contributed by atoms with E-state index in [-0.39, 0.29) is 40.3 Å². The molecule has 4 aromatic carbocycles. The van der Waals surface area contributed by atoms with Crippen LogP contribution >= 0.6 is 0 Å². The number of hydrogen-bond acceptors (Lipinski definition) is 13. The monoisotopic (exact) mass is 858 g/mol. The maximum absolute atomic E-state index is 13.5. The van der Waals surface area contributed by atoms with Gasteiger partial charge in [0, 0.05) is 47.5 Å². The fourth-order valence-corrected chi connectivity index (χ4v) is 7.67. The average molecular weight is 859 g/mol. The van der Waals surface area contributed by atoms with E-state index in [1.54, 1.807) is 60.8 Å². The lowest BCUT2D eigenvalue weighted by Gasteiger charge is -2.40. The Bertz CT molecular complexity index is 2530. The zero-order valence-electron chi connectivity index (χ0n) is 34.5. The maximum Gasteiger partial charge on any atom is 0.323 e. The van der Waals surface area contributed by atoms with Crippen LogP contribution in [0, 0.1) is 5.92 Å². The van der Waals surface area contributed by atoms with Crippen LogP contribution < -0.4 is 29.6 Å². The summed E-state index contributed by atoms with van der Waals surface area (Å²) in [5.74, 6) is -0.150.